The average Bonchev–Trinajstić information content (AvgIpc) is 2.37. The smallest absolute Gasteiger partial charge is 0.317 e. The highest BCUT2D eigenvalue weighted by Crippen LogP contribution is 2.15. The van der Waals surface area contributed by atoms with E-state index in [1.807, 2.05) is 13.8 Å². The number of nitrogens with zero attached hydrogens (tertiary/aromatic N) is 1. The first-order valence-electron chi connectivity index (χ1n) is 6.88. The van der Waals surface area contributed by atoms with Gasteiger partial charge in [0.15, 0.2) is 0 Å². The van der Waals surface area contributed by atoms with Crippen LogP contribution < -0.4 is 5.32 Å². The van der Waals surface area contributed by atoms with E-state index in [1.54, 1.807) is 4.90 Å². The van der Waals surface area contributed by atoms with Crippen LogP contribution in [-0.4, -0.2) is 55.0 Å². The predicted octanol–water partition coefficient (Wildman–Crippen LogP) is 1.22. The second-order valence-corrected chi connectivity index (χ2v) is 5.14. The van der Waals surface area contributed by atoms with Crippen LogP contribution in [0.25, 0.3) is 0 Å². The lowest BCUT2D eigenvalue weighted by atomic mass is 9.99. The summed E-state index contributed by atoms with van der Waals surface area (Å²) in [5, 5.41) is 12.0. The van der Waals surface area contributed by atoms with Crippen LogP contribution in [0.3, 0.4) is 0 Å². The molecule has 0 aromatic rings. The zero-order chi connectivity index (χ0) is 13.4. The maximum Gasteiger partial charge on any atom is 0.317 e. The first-order chi connectivity index (χ1) is 8.63. The van der Waals surface area contributed by atoms with Crippen LogP contribution in [0.5, 0.6) is 0 Å². The molecular weight excluding hydrogens is 232 g/mol. The van der Waals surface area contributed by atoms with Gasteiger partial charge in [-0.1, -0.05) is 0 Å². The predicted molar refractivity (Wildman–Crippen MR) is 70.5 cm³/mol. The van der Waals surface area contributed by atoms with Crippen LogP contribution in [-0.2, 0) is 4.74 Å². The lowest BCUT2D eigenvalue weighted by Crippen LogP contribution is -2.46. The van der Waals surface area contributed by atoms with Gasteiger partial charge in [-0.2, -0.15) is 0 Å². The van der Waals surface area contributed by atoms with Crippen molar-refractivity contribution >= 4 is 6.03 Å². The Morgan fingerprint density at radius 1 is 1.56 bits per heavy atom. The highest BCUT2D eigenvalue weighted by Gasteiger charge is 2.22. The summed E-state index contributed by atoms with van der Waals surface area (Å²) >= 11 is 0. The fourth-order valence-electron chi connectivity index (χ4n) is 2.10. The summed E-state index contributed by atoms with van der Waals surface area (Å²) in [5.74, 6) is 0.244. The molecule has 106 valence electrons. The Hall–Kier alpha value is -0.810. The number of nitrogens with one attached hydrogen (secondary N) is 1. The highest BCUT2D eigenvalue weighted by atomic mass is 16.5. The Morgan fingerprint density at radius 2 is 2.33 bits per heavy atom. The van der Waals surface area contributed by atoms with E-state index in [-0.39, 0.29) is 24.7 Å². The minimum Gasteiger partial charge on any atom is -0.396 e. The summed E-state index contributed by atoms with van der Waals surface area (Å²) < 4.78 is 5.41. The molecule has 1 aliphatic heterocycles. The number of hydrogen-bond donors (Lipinski definition) is 2. The van der Waals surface area contributed by atoms with Gasteiger partial charge in [-0.25, -0.2) is 4.79 Å². The van der Waals surface area contributed by atoms with Crippen molar-refractivity contribution in [1.29, 1.82) is 0 Å². The van der Waals surface area contributed by atoms with E-state index in [0.717, 1.165) is 25.8 Å². The summed E-state index contributed by atoms with van der Waals surface area (Å²) in [6.07, 6.45) is 3.08. The van der Waals surface area contributed by atoms with E-state index in [0.29, 0.717) is 19.7 Å². The SMILES string of the molecule is CC(C)OCCCNC(=O)N1CCCC(CO)C1. The average molecular weight is 258 g/mol. The summed E-state index contributed by atoms with van der Waals surface area (Å²) in [6, 6.07) is -0.0160. The van der Waals surface area contributed by atoms with E-state index in [1.165, 1.54) is 0 Å². The zero-order valence-corrected chi connectivity index (χ0v) is 11.5. The van der Waals surface area contributed by atoms with Gasteiger partial charge in [0.25, 0.3) is 0 Å². The number of ether oxygens (including phenoxy) is 1. The minimum atomic E-state index is -0.0160. The molecule has 1 fully saturated rings. The summed E-state index contributed by atoms with van der Waals surface area (Å²) in [6.45, 7) is 6.97. The largest absolute Gasteiger partial charge is 0.396 e. The summed E-state index contributed by atoms with van der Waals surface area (Å²) in [4.78, 5) is 13.6. The van der Waals surface area contributed by atoms with E-state index in [4.69, 9.17) is 9.84 Å². The second-order valence-electron chi connectivity index (χ2n) is 5.14. The number of urea groups is 1. The summed E-state index contributed by atoms with van der Waals surface area (Å²) in [5.41, 5.74) is 0. The number of piperidine rings is 1. The van der Waals surface area contributed by atoms with Crippen molar-refractivity contribution in [3.63, 3.8) is 0 Å². The molecule has 5 heteroatoms. The topological polar surface area (TPSA) is 61.8 Å². The fourth-order valence-corrected chi connectivity index (χ4v) is 2.10. The van der Waals surface area contributed by atoms with Gasteiger partial charge in [0.2, 0.25) is 0 Å². The molecule has 2 N–H and O–H groups in total. The molecule has 2 amide bonds. The van der Waals surface area contributed by atoms with Gasteiger partial charge in [0, 0.05) is 32.8 Å². The third-order valence-corrected chi connectivity index (χ3v) is 3.11. The Labute approximate surface area is 109 Å². The Kier molecular flexibility index (Phi) is 7.05. The summed E-state index contributed by atoms with van der Waals surface area (Å²) in [7, 11) is 0. The van der Waals surface area contributed by atoms with Crippen molar-refractivity contribution in [3.05, 3.63) is 0 Å². The maximum absolute atomic E-state index is 11.8. The zero-order valence-electron chi connectivity index (χ0n) is 11.5. The van der Waals surface area contributed by atoms with Gasteiger partial charge < -0.3 is 20.1 Å². The Morgan fingerprint density at radius 3 is 3.00 bits per heavy atom. The van der Waals surface area contributed by atoms with E-state index >= 15 is 0 Å². The number of carbonyl (C=O) groups excluding carboxylic acids is 1. The molecule has 0 radical (unpaired) electrons. The molecule has 1 atom stereocenters. The molecule has 0 spiro atoms. The number of likely N-dealkylation sites (tertiary alicyclic amines) is 1. The van der Waals surface area contributed by atoms with Crippen LogP contribution in [0.1, 0.15) is 33.1 Å². The lowest BCUT2D eigenvalue weighted by Gasteiger charge is -2.31. The van der Waals surface area contributed by atoms with Crippen LogP contribution in [0.2, 0.25) is 0 Å². The first-order valence-corrected chi connectivity index (χ1v) is 6.88. The molecule has 1 aliphatic rings. The molecule has 0 saturated carbocycles. The van der Waals surface area contributed by atoms with Crippen LogP contribution >= 0.6 is 0 Å². The van der Waals surface area contributed by atoms with Gasteiger partial charge in [0.05, 0.1) is 6.10 Å². The number of hydrogen-bond acceptors (Lipinski definition) is 3. The van der Waals surface area contributed by atoms with E-state index in [2.05, 4.69) is 5.32 Å². The highest BCUT2D eigenvalue weighted by molar-refractivity contribution is 5.74. The van der Waals surface area contributed by atoms with Crippen molar-refractivity contribution in [2.45, 2.75) is 39.2 Å². The van der Waals surface area contributed by atoms with Crippen molar-refractivity contribution < 1.29 is 14.6 Å². The Bertz CT molecular complexity index is 246. The molecule has 0 aliphatic carbocycles. The fraction of sp³-hybridized carbons (Fsp3) is 0.923. The quantitative estimate of drug-likeness (QED) is 0.704. The third kappa shape index (κ3) is 5.69. The number of carbonyl (C=O) groups is 1. The molecule has 1 heterocycles. The molecule has 0 aromatic heterocycles. The van der Waals surface area contributed by atoms with Crippen LogP contribution in [0, 0.1) is 5.92 Å². The van der Waals surface area contributed by atoms with Gasteiger partial charge in [-0.3, -0.25) is 0 Å². The van der Waals surface area contributed by atoms with E-state index in [9.17, 15) is 4.79 Å². The normalized spacial score (nSPS) is 20.2. The Balaban J connectivity index is 2.12. The molecule has 0 bridgehead atoms. The molecule has 18 heavy (non-hydrogen) atoms. The van der Waals surface area contributed by atoms with Gasteiger partial charge in [-0.05, 0) is 39.0 Å². The second kappa shape index (κ2) is 8.32. The maximum atomic E-state index is 11.8. The lowest BCUT2D eigenvalue weighted by molar-refractivity contribution is 0.0768. The van der Waals surface area contributed by atoms with Gasteiger partial charge in [-0.15, -0.1) is 0 Å². The van der Waals surface area contributed by atoms with Crippen molar-refractivity contribution in [2.24, 2.45) is 5.92 Å². The van der Waals surface area contributed by atoms with Crippen molar-refractivity contribution in [2.75, 3.05) is 32.8 Å². The number of aliphatic hydroxyl groups excluding tert-OH is 1. The molecule has 5 nitrogen and oxygen atoms in total. The number of rotatable bonds is 6. The van der Waals surface area contributed by atoms with Crippen molar-refractivity contribution in [3.8, 4) is 0 Å². The number of aliphatic hydroxyl groups is 1. The monoisotopic (exact) mass is 258 g/mol. The van der Waals surface area contributed by atoms with Crippen LogP contribution in [0.4, 0.5) is 4.79 Å². The molecule has 1 rings (SSSR count). The van der Waals surface area contributed by atoms with Crippen LogP contribution in [0.15, 0.2) is 0 Å². The van der Waals surface area contributed by atoms with Gasteiger partial charge >= 0.3 is 6.03 Å². The van der Waals surface area contributed by atoms with Crippen molar-refractivity contribution in [1.82, 2.24) is 10.2 Å². The molecular formula is C13H26N2O3. The molecule has 0 aromatic carbocycles. The van der Waals surface area contributed by atoms with E-state index < -0.39 is 0 Å². The molecule has 1 saturated heterocycles. The van der Waals surface area contributed by atoms with Gasteiger partial charge in [0.1, 0.15) is 0 Å². The molecule has 1 unspecified atom stereocenters. The third-order valence-electron chi connectivity index (χ3n) is 3.11. The first kappa shape index (κ1) is 15.2. The standard InChI is InChI=1S/C13H26N2O3/c1-11(2)18-8-4-6-14-13(17)15-7-3-5-12(9-15)10-16/h11-12,16H,3-10H2,1-2H3,(H,14,17). The minimum absolute atomic E-state index is 0.0160. The number of amides is 2.